The van der Waals surface area contributed by atoms with E-state index >= 15 is 0 Å². The highest BCUT2D eigenvalue weighted by Gasteiger charge is 2.28. The van der Waals surface area contributed by atoms with Crippen molar-refractivity contribution in [2.24, 2.45) is 11.3 Å². The number of carboxylic acids is 1. The first-order valence-corrected chi connectivity index (χ1v) is 6.57. The Morgan fingerprint density at radius 3 is 2.67 bits per heavy atom. The maximum Gasteiger partial charge on any atom is 0.317 e. The van der Waals surface area contributed by atoms with E-state index in [1.165, 1.54) is 0 Å². The molecule has 1 aliphatic rings. The number of hydrogen-bond acceptors (Lipinski definition) is 2. The number of hydrogen-bond donors (Lipinski definition) is 2. The lowest BCUT2D eigenvalue weighted by atomic mass is 9.84. The standard InChI is InChI=1S/C13H24N2O3/c1-10(11(16)17)5-7-14-12(18)15-8-4-6-13(2,3)9-15/h10H,4-9H2,1-3H3,(H,14,18)(H,16,17). The first-order valence-electron chi connectivity index (χ1n) is 6.57. The number of carboxylic acid groups (broad SMARTS) is 1. The molecule has 0 saturated carbocycles. The predicted molar refractivity (Wildman–Crippen MR) is 69.4 cm³/mol. The summed E-state index contributed by atoms with van der Waals surface area (Å²) >= 11 is 0. The number of urea groups is 1. The fraction of sp³-hybridized carbons (Fsp3) is 0.846. The Morgan fingerprint density at radius 2 is 2.11 bits per heavy atom. The summed E-state index contributed by atoms with van der Waals surface area (Å²) in [5, 5.41) is 11.5. The lowest BCUT2D eigenvalue weighted by molar-refractivity contribution is -0.141. The van der Waals surface area contributed by atoms with Crippen LogP contribution in [-0.2, 0) is 4.79 Å². The van der Waals surface area contributed by atoms with Crippen LogP contribution >= 0.6 is 0 Å². The van der Waals surface area contributed by atoms with Crippen molar-refractivity contribution in [1.82, 2.24) is 10.2 Å². The third-order valence-corrected chi connectivity index (χ3v) is 3.46. The van der Waals surface area contributed by atoms with Crippen LogP contribution in [-0.4, -0.2) is 41.6 Å². The summed E-state index contributed by atoms with van der Waals surface area (Å²) in [5.41, 5.74) is 0.184. The topological polar surface area (TPSA) is 69.6 Å². The van der Waals surface area contributed by atoms with Gasteiger partial charge in [0, 0.05) is 19.6 Å². The van der Waals surface area contributed by atoms with Crippen molar-refractivity contribution >= 4 is 12.0 Å². The van der Waals surface area contributed by atoms with E-state index in [0.29, 0.717) is 13.0 Å². The number of nitrogens with zero attached hydrogens (tertiary/aromatic N) is 1. The lowest BCUT2D eigenvalue weighted by Gasteiger charge is -2.38. The zero-order valence-electron chi connectivity index (χ0n) is 11.5. The number of carbonyl (C=O) groups is 2. The Kier molecular flexibility index (Phi) is 4.99. The van der Waals surface area contributed by atoms with Crippen molar-refractivity contribution < 1.29 is 14.7 Å². The van der Waals surface area contributed by atoms with E-state index < -0.39 is 11.9 Å². The van der Waals surface area contributed by atoms with Crippen LogP contribution in [0.3, 0.4) is 0 Å². The van der Waals surface area contributed by atoms with Crippen LogP contribution in [0.2, 0.25) is 0 Å². The number of likely N-dealkylation sites (tertiary alicyclic amines) is 1. The van der Waals surface area contributed by atoms with Gasteiger partial charge in [0.15, 0.2) is 0 Å². The van der Waals surface area contributed by atoms with Crippen molar-refractivity contribution in [3.05, 3.63) is 0 Å². The minimum Gasteiger partial charge on any atom is -0.481 e. The molecule has 0 bridgehead atoms. The van der Waals surface area contributed by atoms with E-state index in [4.69, 9.17) is 5.11 Å². The summed E-state index contributed by atoms with van der Waals surface area (Å²) < 4.78 is 0. The van der Waals surface area contributed by atoms with Crippen molar-refractivity contribution in [2.45, 2.75) is 40.0 Å². The average Bonchev–Trinajstić information content (AvgIpc) is 2.27. The molecule has 5 nitrogen and oxygen atoms in total. The normalized spacial score (nSPS) is 20.3. The van der Waals surface area contributed by atoms with Gasteiger partial charge in [-0.05, 0) is 24.7 Å². The van der Waals surface area contributed by atoms with Crippen LogP contribution in [0.4, 0.5) is 4.79 Å². The fourth-order valence-electron chi connectivity index (χ4n) is 2.23. The van der Waals surface area contributed by atoms with Crippen LogP contribution in [0.1, 0.15) is 40.0 Å². The summed E-state index contributed by atoms with van der Waals surface area (Å²) in [6.07, 6.45) is 2.65. The maximum absolute atomic E-state index is 11.9. The third-order valence-electron chi connectivity index (χ3n) is 3.46. The predicted octanol–water partition coefficient (Wildman–Crippen LogP) is 1.93. The quantitative estimate of drug-likeness (QED) is 0.807. The average molecular weight is 256 g/mol. The van der Waals surface area contributed by atoms with Crippen LogP contribution < -0.4 is 5.32 Å². The SMILES string of the molecule is CC(CCNC(=O)N1CCCC(C)(C)C1)C(=O)O. The molecule has 1 aliphatic heterocycles. The summed E-state index contributed by atoms with van der Waals surface area (Å²) in [4.78, 5) is 24.4. The molecule has 2 N–H and O–H groups in total. The van der Waals surface area contributed by atoms with Gasteiger partial charge >= 0.3 is 12.0 Å². The van der Waals surface area contributed by atoms with E-state index in [-0.39, 0.29) is 11.4 Å². The van der Waals surface area contributed by atoms with Crippen LogP contribution in [0.25, 0.3) is 0 Å². The molecule has 0 aromatic heterocycles. The number of carbonyl (C=O) groups excluding carboxylic acids is 1. The van der Waals surface area contributed by atoms with Crippen LogP contribution in [0.5, 0.6) is 0 Å². The van der Waals surface area contributed by atoms with E-state index in [0.717, 1.165) is 25.9 Å². The van der Waals surface area contributed by atoms with Gasteiger partial charge in [0.25, 0.3) is 0 Å². The van der Waals surface area contributed by atoms with Crippen molar-refractivity contribution in [3.63, 3.8) is 0 Å². The molecule has 0 aromatic rings. The monoisotopic (exact) mass is 256 g/mol. The Labute approximate surface area is 109 Å². The highest BCUT2D eigenvalue weighted by atomic mass is 16.4. The molecule has 104 valence electrons. The highest BCUT2D eigenvalue weighted by molar-refractivity contribution is 5.74. The molecule has 0 spiro atoms. The molecule has 1 fully saturated rings. The second-order valence-electron chi connectivity index (χ2n) is 5.95. The number of nitrogens with one attached hydrogen (secondary N) is 1. The molecule has 0 radical (unpaired) electrons. The number of aliphatic carboxylic acids is 1. The molecule has 1 rings (SSSR count). The van der Waals surface area contributed by atoms with Gasteiger partial charge in [-0.25, -0.2) is 4.79 Å². The fourth-order valence-corrected chi connectivity index (χ4v) is 2.23. The second-order valence-corrected chi connectivity index (χ2v) is 5.95. The minimum absolute atomic E-state index is 0.0691. The molecular weight excluding hydrogens is 232 g/mol. The number of rotatable bonds is 4. The molecule has 0 aromatic carbocycles. The lowest BCUT2D eigenvalue weighted by Crippen LogP contribution is -2.48. The smallest absolute Gasteiger partial charge is 0.317 e. The van der Waals surface area contributed by atoms with E-state index in [1.54, 1.807) is 6.92 Å². The second kappa shape index (κ2) is 6.07. The van der Waals surface area contributed by atoms with E-state index in [9.17, 15) is 9.59 Å². The maximum atomic E-state index is 11.9. The first-order chi connectivity index (χ1) is 8.32. The summed E-state index contributed by atoms with van der Waals surface area (Å²) in [7, 11) is 0. The molecule has 0 aliphatic carbocycles. The Balaban J connectivity index is 2.30. The highest BCUT2D eigenvalue weighted by Crippen LogP contribution is 2.28. The van der Waals surface area contributed by atoms with Gasteiger partial charge in [0.2, 0.25) is 0 Å². The van der Waals surface area contributed by atoms with Crippen LogP contribution in [0.15, 0.2) is 0 Å². The van der Waals surface area contributed by atoms with E-state index in [2.05, 4.69) is 19.2 Å². The zero-order valence-corrected chi connectivity index (χ0v) is 11.5. The van der Waals surface area contributed by atoms with Gasteiger partial charge < -0.3 is 15.3 Å². The first kappa shape index (κ1) is 14.8. The van der Waals surface area contributed by atoms with Crippen molar-refractivity contribution in [3.8, 4) is 0 Å². The van der Waals surface area contributed by atoms with Crippen LogP contribution in [0, 0.1) is 11.3 Å². The number of amides is 2. The molecular formula is C13H24N2O3. The molecule has 2 amide bonds. The van der Waals surface area contributed by atoms with Gasteiger partial charge in [-0.2, -0.15) is 0 Å². The Hall–Kier alpha value is -1.26. The molecule has 1 atom stereocenters. The summed E-state index contributed by atoms with van der Waals surface area (Å²) in [5.74, 6) is -1.23. The van der Waals surface area contributed by atoms with Crippen molar-refractivity contribution in [1.29, 1.82) is 0 Å². The summed E-state index contributed by atoms with van der Waals surface area (Å²) in [6, 6.07) is -0.0691. The molecule has 1 heterocycles. The van der Waals surface area contributed by atoms with Gasteiger partial charge in [0.1, 0.15) is 0 Å². The van der Waals surface area contributed by atoms with Gasteiger partial charge in [0.05, 0.1) is 5.92 Å². The third kappa shape index (κ3) is 4.55. The Bertz CT molecular complexity index is 315. The van der Waals surface area contributed by atoms with Gasteiger partial charge in [-0.15, -0.1) is 0 Å². The number of piperidine rings is 1. The minimum atomic E-state index is -0.816. The zero-order chi connectivity index (χ0) is 13.8. The largest absolute Gasteiger partial charge is 0.481 e. The molecule has 5 heteroatoms. The Morgan fingerprint density at radius 1 is 1.44 bits per heavy atom. The van der Waals surface area contributed by atoms with Gasteiger partial charge in [-0.3, -0.25) is 4.79 Å². The molecule has 18 heavy (non-hydrogen) atoms. The van der Waals surface area contributed by atoms with Crippen molar-refractivity contribution in [2.75, 3.05) is 19.6 Å². The summed E-state index contributed by atoms with van der Waals surface area (Å²) in [6.45, 7) is 7.97. The molecule has 1 unspecified atom stereocenters. The molecule has 1 saturated heterocycles. The van der Waals surface area contributed by atoms with E-state index in [1.807, 2.05) is 4.90 Å². The van der Waals surface area contributed by atoms with Gasteiger partial charge in [-0.1, -0.05) is 20.8 Å².